The molecule has 3 aromatic rings. The Kier molecular flexibility index (Phi) is 5.88. The Morgan fingerprint density at radius 1 is 1.19 bits per heavy atom. The second-order valence-corrected chi connectivity index (χ2v) is 7.00. The normalized spacial score (nSPS) is 10.4. The highest BCUT2D eigenvalue weighted by Crippen LogP contribution is 2.29. The molecule has 5 nitrogen and oxygen atoms in total. The van der Waals surface area contributed by atoms with Crippen molar-refractivity contribution in [3.63, 3.8) is 0 Å². The Labute approximate surface area is 162 Å². The number of rotatable bonds is 6. The van der Waals surface area contributed by atoms with E-state index in [9.17, 15) is 9.90 Å². The molecule has 2 N–H and O–H groups in total. The lowest BCUT2D eigenvalue weighted by molar-refractivity contribution is -0.111. The van der Waals surface area contributed by atoms with Crippen molar-refractivity contribution in [2.45, 2.75) is 23.3 Å². The third kappa shape index (κ3) is 5.18. The van der Waals surface area contributed by atoms with Gasteiger partial charge < -0.3 is 10.4 Å². The van der Waals surface area contributed by atoms with E-state index in [0.717, 1.165) is 32.6 Å². The van der Waals surface area contributed by atoms with Gasteiger partial charge in [-0.2, -0.15) is 0 Å². The predicted molar refractivity (Wildman–Crippen MR) is 107 cm³/mol. The van der Waals surface area contributed by atoms with Crippen molar-refractivity contribution in [3.8, 4) is 5.75 Å². The molecule has 2 aromatic carbocycles. The molecule has 1 heterocycles. The van der Waals surface area contributed by atoms with Crippen LogP contribution in [0.4, 0.5) is 5.69 Å². The van der Waals surface area contributed by atoms with Gasteiger partial charge in [-0.25, -0.2) is 9.97 Å². The van der Waals surface area contributed by atoms with E-state index in [4.69, 9.17) is 0 Å². The number of nitrogens with one attached hydrogen (secondary N) is 1. The summed E-state index contributed by atoms with van der Waals surface area (Å²) in [7, 11) is 0. The fourth-order valence-corrected chi connectivity index (χ4v) is 3.22. The van der Waals surface area contributed by atoms with Gasteiger partial charge in [-0.3, -0.25) is 4.79 Å². The average molecular weight is 377 g/mol. The van der Waals surface area contributed by atoms with E-state index >= 15 is 0 Å². The Bertz CT molecular complexity index is 954. The summed E-state index contributed by atoms with van der Waals surface area (Å²) in [4.78, 5) is 21.4. The van der Waals surface area contributed by atoms with E-state index in [-0.39, 0.29) is 11.7 Å². The molecule has 1 amide bonds. The van der Waals surface area contributed by atoms with Crippen molar-refractivity contribution >= 4 is 23.4 Å². The maximum Gasteiger partial charge on any atom is 0.247 e. The Balaban J connectivity index is 1.73. The van der Waals surface area contributed by atoms with Crippen LogP contribution in [0.5, 0.6) is 5.75 Å². The molecule has 0 saturated heterocycles. The number of aromatic hydroxyl groups is 1. The maximum atomic E-state index is 11.3. The minimum Gasteiger partial charge on any atom is -0.508 e. The highest BCUT2D eigenvalue weighted by molar-refractivity contribution is 7.99. The predicted octanol–water partition coefficient (Wildman–Crippen LogP) is 4.36. The van der Waals surface area contributed by atoms with Gasteiger partial charge in [0.05, 0.1) is 0 Å². The van der Waals surface area contributed by atoms with Gasteiger partial charge in [0.25, 0.3) is 0 Å². The molecule has 0 aliphatic heterocycles. The van der Waals surface area contributed by atoms with E-state index in [1.54, 1.807) is 23.9 Å². The summed E-state index contributed by atoms with van der Waals surface area (Å²) >= 11 is 1.55. The zero-order valence-corrected chi connectivity index (χ0v) is 15.7. The monoisotopic (exact) mass is 377 g/mol. The Morgan fingerprint density at radius 3 is 2.56 bits per heavy atom. The molecule has 0 aliphatic rings. The third-order valence-electron chi connectivity index (χ3n) is 3.80. The van der Waals surface area contributed by atoms with Gasteiger partial charge in [0, 0.05) is 23.2 Å². The number of anilines is 1. The van der Waals surface area contributed by atoms with Crippen LogP contribution in [0.1, 0.15) is 17.0 Å². The minimum absolute atomic E-state index is 0.235. The van der Waals surface area contributed by atoms with Gasteiger partial charge in [0.2, 0.25) is 5.91 Å². The lowest BCUT2D eigenvalue weighted by Crippen LogP contribution is -2.06. The molecular formula is C21H19N3O2S. The largest absolute Gasteiger partial charge is 0.508 e. The number of aromatic nitrogens is 2. The van der Waals surface area contributed by atoms with Crippen LogP contribution < -0.4 is 5.32 Å². The second-order valence-electron chi connectivity index (χ2n) is 5.94. The average Bonchev–Trinajstić information content (AvgIpc) is 2.67. The summed E-state index contributed by atoms with van der Waals surface area (Å²) in [5.41, 5.74) is 2.75. The molecule has 136 valence electrons. The fourth-order valence-electron chi connectivity index (χ4n) is 2.36. The molecule has 6 heteroatoms. The topological polar surface area (TPSA) is 75.1 Å². The van der Waals surface area contributed by atoms with Crippen LogP contribution in [0.3, 0.4) is 0 Å². The highest BCUT2D eigenvalue weighted by atomic mass is 32.2. The van der Waals surface area contributed by atoms with Gasteiger partial charge >= 0.3 is 0 Å². The van der Waals surface area contributed by atoms with Crippen LogP contribution in [0.15, 0.2) is 77.3 Å². The summed E-state index contributed by atoms with van der Waals surface area (Å²) in [5, 5.41) is 13.0. The van der Waals surface area contributed by atoms with E-state index in [1.807, 2.05) is 49.5 Å². The summed E-state index contributed by atoms with van der Waals surface area (Å²) in [5.74, 6) is 0.733. The van der Waals surface area contributed by atoms with Crippen LogP contribution in [-0.2, 0) is 11.2 Å². The molecule has 0 saturated carbocycles. The van der Waals surface area contributed by atoms with Gasteiger partial charge in [-0.15, -0.1) is 0 Å². The van der Waals surface area contributed by atoms with E-state index in [1.165, 1.54) is 6.08 Å². The second kappa shape index (κ2) is 8.51. The molecule has 0 atom stereocenters. The summed E-state index contributed by atoms with van der Waals surface area (Å²) < 4.78 is 0. The summed E-state index contributed by atoms with van der Waals surface area (Å²) in [6.45, 7) is 5.42. The number of phenols is 1. The van der Waals surface area contributed by atoms with Crippen LogP contribution in [0, 0.1) is 6.92 Å². The first-order chi connectivity index (χ1) is 13.0. The van der Waals surface area contributed by atoms with Crippen LogP contribution >= 0.6 is 11.8 Å². The lowest BCUT2D eigenvalue weighted by atomic mass is 10.1. The molecule has 0 radical (unpaired) electrons. The van der Waals surface area contributed by atoms with Gasteiger partial charge in [0.15, 0.2) is 0 Å². The Morgan fingerprint density at radius 2 is 1.89 bits per heavy atom. The zero-order valence-electron chi connectivity index (χ0n) is 14.8. The van der Waals surface area contributed by atoms with Crippen LogP contribution in [0.2, 0.25) is 0 Å². The van der Waals surface area contributed by atoms with Gasteiger partial charge in [-0.1, -0.05) is 30.5 Å². The molecule has 3 rings (SSSR count). The maximum absolute atomic E-state index is 11.3. The molecular weight excluding hydrogens is 358 g/mol. The van der Waals surface area contributed by atoms with Gasteiger partial charge in [-0.05, 0) is 60.5 Å². The standard InChI is InChI=1S/C21H19N3O2S/c1-3-20(26)23-16-6-10-18(11-7-16)27-21-14(2)13-22-19(24-21)12-15-4-8-17(25)9-5-15/h3-11,13,25H,1,12H2,2H3,(H,23,26). The molecule has 0 bridgehead atoms. The number of nitrogens with zero attached hydrogens (tertiary/aromatic N) is 2. The number of aryl methyl sites for hydroxylation is 1. The summed E-state index contributed by atoms with van der Waals surface area (Å²) in [6.07, 6.45) is 3.66. The molecule has 0 spiro atoms. The number of amides is 1. The molecule has 0 aliphatic carbocycles. The molecule has 0 fully saturated rings. The number of phenolic OH excluding ortho intramolecular Hbond substituents is 1. The number of carbonyl (C=O) groups excluding carboxylic acids is 1. The number of hydrogen-bond acceptors (Lipinski definition) is 5. The molecule has 1 aromatic heterocycles. The first kappa shape index (κ1) is 18.7. The van der Waals surface area contributed by atoms with E-state index < -0.39 is 0 Å². The number of benzene rings is 2. The van der Waals surface area contributed by atoms with Crippen molar-refractivity contribution in [2.75, 3.05) is 5.32 Å². The minimum atomic E-state index is -0.235. The van der Waals surface area contributed by atoms with Crippen molar-refractivity contribution in [3.05, 3.63) is 84.3 Å². The fraction of sp³-hybridized carbons (Fsp3) is 0.0952. The molecule has 27 heavy (non-hydrogen) atoms. The van der Waals surface area contributed by atoms with Crippen molar-refractivity contribution in [2.24, 2.45) is 0 Å². The van der Waals surface area contributed by atoms with Crippen molar-refractivity contribution in [1.82, 2.24) is 9.97 Å². The Hall–Kier alpha value is -3.12. The summed E-state index contributed by atoms with van der Waals surface area (Å²) in [6, 6.07) is 14.6. The smallest absolute Gasteiger partial charge is 0.247 e. The first-order valence-corrected chi connectivity index (χ1v) is 9.17. The first-order valence-electron chi connectivity index (χ1n) is 8.35. The zero-order chi connectivity index (χ0) is 19.2. The van der Waals surface area contributed by atoms with Crippen molar-refractivity contribution in [1.29, 1.82) is 0 Å². The van der Waals surface area contributed by atoms with Crippen molar-refractivity contribution < 1.29 is 9.90 Å². The van der Waals surface area contributed by atoms with E-state index in [0.29, 0.717) is 6.42 Å². The lowest BCUT2D eigenvalue weighted by Gasteiger charge is -2.08. The van der Waals surface area contributed by atoms with Crippen LogP contribution in [0.25, 0.3) is 0 Å². The SMILES string of the molecule is C=CC(=O)Nc1ccc(Sc2nc(Cc3ccc(O)cc3)ncc2C)cc1. The number of hydrogen-bond donors (Lipinski definition) is 2. The highest BCUT2D eigenvalue weighted by Gasteiger charge is 2.08. The van der Waals surface area contributed by atoms with Gasteiger partial charge in [0.1, 0.15) is 16.6 Å². The van der Waals surface area contributed by atoms with E-state index in [2.05, 4.69) is 21.9 Å². The van der Waals surface area contributed by atoms with Crippen LogP contribution in [-0.4, -0.2) is 21.0 Å². The molecule has 0 unspecified atom stereocenters. The number of carbonyl (C=O) groups is 1. The quantitative estimate of drug-likeness (QED) is 0.493. The third-order valence-corrected chi connectivity index (χ3v) is 4.91.